The van der Waals surface area contributed by atoms with Gasteiger partial charge in [0, 0.05) is 10.0 Å². The highest BCUT2D eigenvalue weighted by Gasteiger charge is 2.18. The minimum atomic E-state index is -1.45. The minimum absolute atomic E-state index is 0.259. The van der Waals surface area contributed by atoms with E-state index in [4.69, 9.17) is 23.2 Å². The average Bonchev–Trinajstić information content (AvgIpc) is 2.39. The molecule has 1 unspecified atom stereocenters. The molecule has 1 aromatic heterocycles. The van der Waals surface area contributed by atoms with Gasteiger partial charge in [-0.25, -0.2) is 4.98 Å². The molecule has 1 aromatic carbocycles. The van der Waals surface area contributed by atoms with E-state index in [2.05, 4.69) is 10.3 Å². The van der Waals surface area contributed by atoms with E-state index in [0.29, 0.717) is 10.0 Å². The third-order valence-electron chi connectivity index (χ3n) is 2.44. The van der Waals surface area contributed by atoms with Gasteiger partial charge in [0.15, 0.2) is 6.10 Å². The van der Waals surface area contributed by atoms with E-state index in [1.165, 1.54) is 24.3 Å². The molecule has 0 aliphatic carbocycles. The first kappa shape index (κ1) is 14.7. The molecular formula is C13H9Cl2FN2O2. The summed E-state index contributed by atoms with van der Waals surface area (Å²) in [5, 5.41) is 12.9. The largest absolute Gasteiger partial charge is 0.378 e. The smallest absolute Gasteiger partial charge is 0.257 e. The maximum Gasteiger partial charge on any atom is 0.257 e. The number of aliphatic hydroxyl groups is 1. The van der Waals surface area contributed by atoms with E-state index in [9.17, 15) is 14.3 Å². The summed E-state index contributed by atoms with van der Waals surface area (Å²) in [5.74, 6) is -1.36. The van der Waals surface area contributed by atoms with Crippen molar-refractivity contribution < 1.29 is 14.3 Å². The van der Waals surface area contributed by atoms with Gasteiger partial charge >= 0.3 is 0 Å². The number of benzene rings is 1. The number of hydrogen-bond donors (Lipinski definition) is 2. The van der Waals surface area contributed by atoms with Crippen molar-refractivity contribution in [2.45, 2.75) is 6.10 Å². The Hall–Kier alpha value is -1.69. The van der Waals surface area contributed by atoms with Crippen LogP contribution in [-0.2, 0) is 4.79 Å². The molecule has 4 nitrogen and oxygen atoms in total. The lowest BCUT2D eigenvalue weighted by Crippen LogP contribution is -2.21. The van der Waals surface area contributed by atoms with Gasteiger partial charge in [-0.15, -0.1) is 0 Å². The molecule has 0 saturated heterocycles. The van der Waals surface area contributed by atoms with Gasteiger partial charge in [0.05, 0.1) is 11.9 Å². The summed E-state index contributed by atoms with van der Waals surface area (Å²) in [4.78, 5) is 15.2. The number of carbonyl (C=O) groups is 1. The Morgan fingerprint density at radius 1 is 1.25 bits per heavy atom. The summed E-state index contributed by atoms with van der Waals surface area (Å²) >= 11 is 11.6. The average molecular weight is 315 g/mol. The van der Waals surface area contributed by atoms with Gasteiger partial charge in [-0.1, -0.05) is 23.2 Å². The van der Waals surface area contributed by atoms with Gasteiger partial charge in [-0.05, 0) is 35.9 Å². The number of hydrogen-bond acceptors (Lipinski definition) is 3. The highest BCUT2D eigenvalue weighted by atomic mass is 35.5. The van der Waals surface area contributed by atoms with E-state index in [-0.39, 0.29) is 11.3 Å². The number of nitrogens with one attached hydrogen (secondary N) is 1. The first-order valence-corrected chi connectivity index (χ1v) is 6.28. The lowest BCUT2D eigenvalue weighted by molar-refractivity contribution is -0.124. The Morgan fingerprint density at radius 3 is 2.45 bits per heavy atom. The topological polar surface area (TPSA) is 62.2 Å². The van der Waals surface area contributed by atoms with E-state index < -0.39 is 18.0 Å². The van der Waals surface area contributed by atoms with Crippen LogP contribution >= 0.6 is 23.2 Å². The van der Waals surface area contributed by atoms with Gasteiger partial charge in [0.1, 0.15) is 0 Å². The molecule has 1 atom stereocenters. The fraction of sp³-hybridized carbons (Fsp3) is 0.0769. The zero-order valence-corrected chi connectivity index (χ0v) is 11.5. The van der Waals surface area contributed by atoms with Gasteiger partial charge in [0.2, 0.25) is 5.95 Å². The maximum atomic E-state index is 12.6. The van der Waals surface area contributed by atoms with E-state index in [1.807, 2.05) is 0 Å². The third kappa shape index (κ3) is 3.66. The van der Waals surface area contributed by atoms with Crippen molar-refractivity contribution >= 4 is 34.8 Å². The van der Waals surface area contributed by atoms with Crippen LogP contribution in [0.3, 0.4) is 0 Å². The predicted octanol–water partition coefficient (Wildman–Crippen LogP) is 3.20. The van der Waals surface area contributed by atoms with Crippen LogP contribution in [0.15, 0.2) is 36.5 Å². The molecule has 7 heteroatoms. The summed E-state index contributed by atoms with van der Waals surface area (Å²) in [7, 11) is 0. The number of carbonyl (C=O) groups excluding carboxylic acids is 1. The monoisotopic (exact) mass is 314 g/mol. The van der Waals surface area contributed by atoms with E-state index >= 15 is 0 Å². The zero-order chi connectivity index (χ0) is 14.7. The predicted molar refractivity (Wildman–Crippen MR) is 74.2 cm³/mol. The number of amides is 1. The Balaban J connectivity index is 2.14. The van der Waals surface area contributed by atoms with Crippen molar-refractivity contribution in [2.24, 2.45) is 0 Å². The number of anilines is 1. The Labute approximate surface area is 124 Å². The molecule has 0 saturated carbocycles. The molecule has 0 spiro atoms. The summed E-state index contributed by atoms with van der Waals surface area (Å²) in [5.41, 5.74) is 0.527. The van der Waals surface area contributed by atoms with Crippen LogP contribution in [-0.4, -0.2) is 16.0 Å². The number of aliphatic hydroxyl groups excluding tert-OH is 1. The highest BCUT2D eigenvalue weighted by molar-refractivity contribution is 6.34. The van der Waals surface area contributed by atoms with Crippen molar-refractivity contribution in [3.63, 3.8) is 0 Å². The number of halogens is 3. The van der Waals surface area contributed by atoms with Crippen LogP contribution in [0.2, 0.25) is 10.0 Å². The second-order valence-corrected chi connectivity index (χ2v) is 4.84. The van der Waals surface area contributed by atoms with Gasteiger partial charge < -0.3 is 10.4 Å². The van der Waals surface area contributed by atoms with Gasteiger partial charge in [-0.3, -0.25) is 4.79 Å². The lowest BCUT2D eigenvalue weighted by atomic mass is 10.1. The molecule has 0 fully saturated rings. The first-order chi connectivity index (χ1) is 9.45. The Kier molecular flexibility index (Phi) is 4.54. The molecular weight excluding hydrogens is 306 g/mol. The molecule has 2 N–H and O–H groups in total. The van der Waals surface area contributed by atoms with Crippen LogP contribution in [0.4, 0.5) is 10.1 Å². The van der Waals surface area contributed by atoms with Gasteiger partial charge in [0.25, 0.3) is 5.91 Å². The normalized spacial score (nSPS) is 12.0. The lowest BCUT2D eigenvalue weighted by Gasteiger charge is -2.12. The van der Waals surface area contributed by atoms with Crippen molar-refractivity contribution in [3.05, 3.63) is 58.1 Å². The molecule has 0 bridgehead atoms. The van der Waals surface area contributed by atoms with E-state index in [1.54, 1.807) is 0 Å². The number of pyridine rings is 1. The molecule has 1 amide bonds. The van der Waals surface area contributed by atoms with Crippen molar-refractivity contribution in [1.82, 2.24) is 4.98 Å². The number of nitrogens with zero attached hydrogens (tertiary/aromatic N) is 1. The van der Waals surface area contributed by atoms with E-state index in [0.717, 1.165) is 12.3 Å². The highest BCUT2D eigenvalue weighted by Crippen LogP contribution is 2.24. The third-order valence-corrected chi connectivity index (χ3v) is 2.88. The molecule has 1 heterocycles. The Morgan fingerprint density at radius 2 is 1.90 bits per heavy atom. The summed E-state index contributed by atoms with van der Waals surface area (Å²) < 4.78 is 12.6. The fourth-order valence-corrected chi connectivity index (χ4v) is 2.09. The van der Waals surface area contributed by atoms with Crippen molar-refractivity contribution in [2.75, 3.05) is 5.32 Å². The van der Waals surface area contributed by atoms with Crippen molar-refractivity contribution in [1.29, 1.82) is 0 Å². The molecule has 0 aliphatic heterocycles. The summed E-state index contributed by atoms with van der Waals surface area (Å²) in [6.07, 6.45) is -0.304. The second-order valence-electron chi connectivity index (χ2n) is 3.96. The molecule has 2 rings (SSSR count). The van der Waals surface area contributed by atoms with Crippen LogP contribution in [0.25, 0.3) is 0 Å². The molecule has 0 radical (unpaired) electrons. The maximum absolute atomic E-state index is 12.6. The number of rotatable bonds is 3. The van der Waals surface area contributed by atoms with Crippen LogP contribution in [0.5, 0.6) is 0 Å². The quantitative estimate of drug-likeness (QED) is 0.855. The molecule has 20 heavy (non-hydrogen) atoms. The van der Waals surface area contributed by atoms with Crippen LogP contribution in [0.1, 0.15) is 11.7 Å². The second kappa shape index (κ2) is 6.17. The summed E-state index contributed by atoms with van der Waals surface area (Å²) in [6, 6.07) is 6.78. The number of aromatic nitrogens is 1. The molecule has 2 aromatic rings. The molecule has 104 valence electrons. The standard InChI is InChI=1S/C13H9Cl2FN2O2/c14-8-3-7(4-9(15)5-8)12(19)13(20)18-10-1-2-11(16)17-6-10/h1-6,12,19H,(H,18,20). The van der Waals surface area contributed by atoms with Gasteiger partial charge in [-0.2, -0.15) is 4.39 Å². The van der Waals surface area contributed by atoms with Crippen molar-refractivity contribution in [3.8, 4) is 0 Å². The SMILES string of the molecule is O=C(Nc1ccc(F)nc1)C(O)c1cc(Cl)cc(Cl)c1. The fourth-order valence-electron chi connectivity index (χ4n) is 1.54. The Bertz CT molecular complexity index is 615. The summed E-state index contributed by atoms with van der Waals surface area (Å²) in [6.45, 7) is 0. The van der Waals surface area contributed by atoms with Crippen LogP contribution in [0, 0.1) is 5.95 Å². The minimum Gasteiger partial charge on any atom is -0.378 e. The first-order valence-electron chi connectivity index (χ1n) is 5.52. The zero-order valence-electron chi connectivity index (χ0n) is 9.98. The van der Waals surface area contributed by atoms with Crippen LogP contribution < -0.4 is 5.32 Å². The molecule has 0 aliphatic rings.